The van der Waals surface area contributed by atoms with Crippen LogP contribution in [0.5, 0.6) is 5.75 Å². The lowest BCUT2D eigenvalue weighted by molar-refractivity contribution is -0.384. The third-order valence-electron chi connectivity index (χ3n) is 5.82. The Kier molecular flexibility index (Phi) is 6.69. The first-order valence-electron chi connectivity index (χ1n) is 11.6. The molecule has 1 heterocycles. The quantitative estimate of drug-likeness (QED) is 0.169. The summed E-state index contributed by atoms with van der Waals surface area (Å²) in [5.41, 5.74) is 2.07. The molecule has 0 saturated carbocycles. The highest BCUT2D eigenvalue weighted by atomic mass is 16.6. The molecule has 9 heteroatoms. The maximum Gasteiger partial charge on any atom is 0.282 e. The number of nitrogens with zero attached hydrogens (tertiary/aromatic N) is 5. The minimum atomic E-state index is -0.523. The minimum Gasteiger partial charge on any atom is -0.488 e. The summed E-state index contributed by atoms with van der Waals surface area (Å²) < 4.78 is 7.11. The van der Waals surface area contributed by atoms with Gasteiger partial charge in [0, 0.05) is 28.8 Å². The first-order chi connectivity index (χ1) is 18.5. The zero-order valence-corrected chi connectivity index (χ0v) is 19.9. The molecule has 0 fully saturated rings. The van der Waals surface area contributed by atoms with E-state index < -0.39 is 4.92 Å². The Hall–Kier alpha value is -5.62. The Morgan fingerprint density at radius 1 is 1.00 bits per heavy atom. The van der Waals surface area contributed by atoms with Crippen LogP contribution in [0.1, 0.15) is 16.7 Å². The Morgan fingerprint density at radius 2 is 1.74 bits per heavy atom. The van der Waals surface area contributed by atoms with E-state index in [1.165, 1.54) is 29.1 Å². The minimum absolute atomic E-state index is 0.0646. The summed E-state index contributed by atoms with van der Waals surface area (Å²) in [6, 6.07) is 29.3. The SMILES string of the molecule is N#Cc1ccccc1COc1ccc([N+](=O)[O-])cc1C=Nn1c(-c2ccccc2)nc2ccccc2c1=O. The van der Waals surface area contributed by atoms with E-state index in [9.17, 15) is 20.2 Å². The largest absolute Gasteiger partial charge is 0.488 e. The monoisotopic (exact) mass is 501 g/mol. The molecule has 4 aromatic carbocycles. The molecule has 0 aliphatic heterocycles. The van der Waals surface area contributed by atoms with Gasteiger partial charge in [-0.1, -0.05) is 60.7 Å². The second-order valence-corrected chi connectivity index (χ2v) is 8.22. The third kappa shape index (κ3) is 4.87. The molecule has 38 heavy (non-hydrogen) atoms. The highest BCUT2D eigenvalue weighted by molar-refractivity contribution is 5.85. The summed E-state index contributed by atoms with van der Waals surface area (Å²) in [4.78, 5) is 29.0. The number of benzene rings is 4. The van der Waals surface area contributed by atoms with E-state index in [2.05, 4.69) is 16.2 Å². The van der Waals surface area contributed by atoms with Gasteiger partial charge in [0.1, 0.15) is 12.4 Å². The van der Waals surface area contributed by atoms with Crippen LogP contribution in [-0.4, -0.2) is 20.8 Å². The highest BCUT2D eigenvalue weighted by Gasteiger charge is 2.15. The normalized spacial score (nSPS) is 10.9. The summed E-state index contributed by atoms with van der Waals surface area (Å²) in [5.74, 6) is 0.622. The zero-order valence-electron chi connectivity index (χ0n) is 19.9. The van der Waals surface area contributed by atoms with Crippen molar-refractivity contribution in [2.75, 3.05) is 0 Å². The summed E-state index contributed by atoms with van der Waals surface area (Å²) in [7, 11) is 0. The van der Waals surface area contributed by atoms with Crippen LogP contribution < -0.4 is 10.3 Å². The molecule has 9 nitrogen and oxygen atoms in total. The van der Waals surface area contributed by atoms with Crippen LogP contribution in [0.2, 0.25) is 0 Å². The van der Waals surface area contributed by atoms with Crippen LogP contribution in [0.25, 0.3) is 22.3 Å². The van der Waals surface area contributed by atoms with Crippen molar-refractivity contribution in [1.82, 2.24) is 9.66 Å². The molecule has 0 radical (unpaired) electrons. The summed E-state index contributed by atoms with van der Waals surface area (Å²) in [5, 5.41) is 25.6. The van der Waals surface area contributed by atoms with Crippen molar-refractivity contribution in [3.8, 4) is 23.2 Å². The molecule has 184 valence electrons. The van der Waals surface area contributed by atoms with E-state index in [0.29, 0.717) is 39.2 Å². The van der Waals surface area contributed by atoms with Gasteiger partial charge in [0.15, 0.2) is 5.82 Å². The molecule has 0 unspecified atom stereocenters. The van der Waals surface area contributed by atoms with Gasteiger partial charge in [-0.25, -0.2) is 4.98 Å². The van der Waals surface area contributed by atoms with Crippen LogP contribution in [0.3, 0.4) is 0 Å². The van der Waals surface area contributed by atoms with Gasteiger partial charge in [0.25, 0.3) is 11.2 Å². The topological polar surface area (TPSA) is 123 Å². The van der Waals surface area contributed by atoms with Gasteiger partial charge in [-0.05, 0) is 24.3 Å². The van der Waals surface area contributed by atoms with Crippen LogP contribution in [0, 0.1) is 21.4 Å². The Balaban J connectivity index is 1.60. The summed E-state index contributed by atoms with van der Waals surface area (Å²) in [6.07, 6.45) is 1.34. The van der Waals surface area contributed by atoms with Crippen molar-refractivity contribution in [3.63, 3.8) is 0 Å². The van der Waals surface area contributed by atoms with Gasteiger partial charge >= 0.3 is 0 Å². The molecule has 0 amide bonds. The molecule has 0 atom stereocenters. The number of nitro groups is 1. The first-order valence-corrected chi connectivity index (χ1v) is 11.6. The van der Waals surface area contributed by atoms with Crippen LogP contribution in [-0.2, 0) is 6.61 Å². The van der Waals surface area contributed by atoms with E-state index in [4.69, 9.17) is 4.74 Å². The van der Waals surface area contributed by atoms with E-state index in [-0.39, 0.29) is 23.4 Å². The van der Waals surface area contributed by atoms with E-state index in [0.717, 1.165) is 0 Å². The number of non-ortho nitro benzene ring substituents is 1. The Bertz CT molecular complexity index is 1790. The molecular formula is C29H19N5O4. The second-order valence-electron chi connectivity index (χ2n) is 8.22. The predicted octanol–water partition coefficient (Wildman–Crippen LogP) is 5.30. The number of nitro benzene ring substituents is 1. The maximum absolute atomic E-state index is 13.4. The number of para-hydroxylation sites is 1. The van der Waals surface area contributed by atoms with Crippen molar-refractivity contribution in [2.24, 2.45) is 5.10 Å². The Morgan fingerprint density at radius 3 is 2.53 bits per heavy atom. The van der Waals surface area contributed by atoms with Crippen molar-refractivity contribution < 1.29 is 9.66 Å². The fourth-order valence-electron chi connectivity index (χ4n) is 3.92. The molecular weight excluding hydrogens is 482 g/mol. The fourth-order valence-corrected chi connectivity index (χ4v) is 3.92. The van der Waals surface area contributed by atoms with Gasteiger partial charge in [-0.3, -0.25) is 14.9 Å². The number of aromatic nitrogens is 2. The molecule has 0 N–H and O–H groups in total. The van der Waals surface area contributed by atoms with Crippen LogP contribution >= 0.6 is 0 Å². The number of fused-ring (bicyclic) bond motifs is 1. The van der Waals surface area contributed by atoms with Crippen molar-refractivity contribution in [3.05, 3.63) is 134 Å². The maximum atomic E-state index is 13.4. The summed E-state index contributed by atoms with van der Waals surface area (Å²) in [6.45, 7) is 0.0646. The Labute approximate surface area is 216 Å². The van der Waals surface area contributed by atoms with Gasteiger partial charge in [0.05, 0.1) is 33.7 Å². The lowest BCUT2D eigenvalue weighted by atomic mass is 10.1. The standard InChI is InChI=1S/C29H19N5O4/c30-17-21-10-4-5-11-22(21)19-38-27-15-14-24(34(36)37)16-23(27)18-31-33-28(20-8-2-1-3-9-20)32-26-13-7-6-12-25(26)29(33)35/h1-16,18H,19H2. The fraction of sp³-hybridized carbons (Fsp3) is 0.0345. The van der Waals surface area contributed by atoms with Crippen LogP contribution in [0.15, 0.2) is 107 Å². The molecule has 1 aromatic heterocycles. The average Bonchev–Trinajstić information content (AvgIpc) is 2.96. The van der Waals surface area contributed by atoms with E-state index >= 15 is 0 Å². The molecule has 5 aromatic rings. The zero-order chi connectivity index (χ0) is 26.5. The number of nitriles is 1. The van der Waals surface area contributed by atoms with E-state index in [1.807, 2.05) is 30.3 Å². The van der Waals surface area contributed by atoms with Crippen LogP contribution in [0.4, 0.5) is 5.69 Å². The smallest absolute Gasteiger partial charge is 0.282 e. The second kappa shape index (κ2) is 10.6. The third-order valence-corrected chi connectivity index (χ3v) is 5.82. The van der Waals surface area contributed by atoms with Gasteiger partial charge < -0.3 is 4.74 Å². The molecule has 0 saturated heterocycles. The molecule has 0 spiro atoms. The van der Waals surface area contributed by atoms with Gasteiger partial charge in [-0.15, -0.1) is 0 Å². The molecule has 0 aliphatic carbocycles. The highest BCUT2D eigenvalue weighted by Crippen LogP contribution is 2.25. The molecule has 0 aliphatic rings. The lowest BCUT2D eigenvalue weighted by Gasteiger charge is -2.11. The average molecular weight is 502 g/mol. The van der Waals surface area contributed by atoms with Crippen molar-refractivity contribution in [1.29, 1.82) is 5.26 Å². The summed E-state index contributed by atoms with van der Waals surface area (Å²) >= 11 is 0. The van der Waals surface area contributed by atoms with Crippen molar-refractivity contribution >= 4 is 22.8 Å². The number of hydrogen-bond donors (Lipinski definition) is 0. The predicted molar refractivity (Wildman–Crippen MR) is 143 cm³/mol. The van der Waals surface area contributed by atoms with Gasteiger partial charge in [-0.2, -0.15) is 15.0 Å². The molecule has 5 rings (SSSR count). The number of ether oxygens (including phenoxy) is 1. The van der Waals surface area contributed by atoms with Crippen molar-refractivity contribution in [2.45, 2.75) is 6.61 Å². The lowest BCUT2D eigenvalue weighted by Crippen LogP contribution is -2.20. The molecule has 0 bridgehead atoms. The number of hydrogen-bond acceptors (Lipinski definition) is 7. The van der Waals surface area contributed by atoms with Gasteiger partial charge in [0.2, 0.25) is 0 Å². The number of rotatable bonds is 7. The van der Waals surface area contributed by atoms with E-state index in [1.54, 1.807) is 48.5 Å². The first kappa shape index (κ1) is 24.1.